The number of hydrogen-bond acceptors (Lipinski definition) is 3. The molecule has 0 atom stereocenters. The molecule has 0 aliphatic rings. The van der Waals surface area contributed by atoms with Crippen LogP contribution in [0.3, 0.4) is 0 Å². The summed E-state index contributed by atoms with van der Waals surface area (Å²) in [5.74, 6) is 2.43. The first-order chi connectivity index (χ1) is 6.17. The Hall–Kier alpha value is -1.40. The summed E-state index contributed by atoms with van der Waals surface area (Å²) in [5.41, 5.74) is 0.499. The SMILES string of the molecule is C#CCOC(C)(C)c1cncnc1. The first-order valence-corrected chi connectivity index (χ1v) is 4.00. The molecule has 0 radical (unpaired) electrons. The van der Waals surface area contributed by atoms with E-state index in [1.165, 1.54) is 6.33 Å². The molecule has 0 aromatic carbocycles. The summed E-state index contributed by atoms with van der Waals surface area (Å²) >= 11 is 0. The highest BCUT2D eigenvalue weighted by Crippen LogP contribution is 2.22. The van der Waals surface area contributed by atoms with E-state index >= 15 is 0 Å². The normalized spacial score (nSPS) is 10.8. The summed E-state index contributed by atoms with van der Waals surface area (Å²) in [4.78, 5) is 7.83. The number of terminal acetylenes is 1. The predicted octanol–water partition coefficient (Wildman–Crippen LogP) is 1.36. The molecule has 0 bridgehead atoms. The maximum absolute atomic E-state index is 5.45. The third-order valence-corrected chi connectivity index (χ3v) is 1.77. The molecule has 1 aromatic rings. The monoisotopic (exact) mass is 176 g/mol. The van der Waals surface area contributed by atoms with Crippen molar-refractivity contribution in [1.82, 2.24) is 9.97 Å². The van der Waals surface area contributed by atoms with E-state index in [0.717, 1.165) is 5.56 Å². The average Bonchev–Trinajstić information content (AvgIpc) is 2.16. The summed E-state index contributed by atoms with van der Waals surface area (Å²) in [6, 6.07) is 0. The van der Waals surface area contributed by atoms with Crippen molar-refractivity contribution >= 4 is 0 Å². The number of aromatic nitrogens is 2. The van der Waals surface area contributed by atoms with Crippen molar-refractivity contribution in [3.63, 3.8) is 0 Å². The van der Waals surface area contributed by atoms with Crippen molar-refractivity contribution in [1.29, 1.82) is 0 Å². The van der Waals surface area contributed by atoms with Crippen LogP contribution in [0.1, 0.15) is 19.4 Å². The fourth-order valence-corrected chi connectivity index (χ4v) is 0.915. The van der Waals surface area contributed by atoms with Crippen LogP contribution in [0.25, 0.3) is 0 Å². The Morgan fingerprint density at radius 1 is 1.46 bits per heavy atom. The summed E-state index contributed by atoms with van der Waals surface area (Å²) in [5, 5.41) is 0. The number of hydrogen-bond donors (Lipinski definition) is 0. The van der Waals surface area contributed by atoms with Crippen LogP contribution in [0.2, 0.25) is 0 Å². The average molecular weight is 176 g/mol. The van der Waals surface area contributed by atoms with Crippen molar-refractivity contribution < 1.29 is 4.74 Å². The molecule has 0 fully saturated rings. The maximum atomic E-state index is 5.45. The van der Waals surface area contributed by atoms with E-state index in [2.05, 4.69) is 15.9 Å². The molecule has 0 amide bonds. The second-order valence-electron chi connectivity index (χ2n) is 3.13. The third-order valence-electron chi connectivity index (χ3n) is 1.77. The van der Waals surface area contributed by atoms with E-state index in [1.807, 2.05) is 13.8 Å². The van der Waals surface area contributed by atoms with Gasteiger partial charge in [0, 0.05) is 18.0 Å². The van der Waals surface area contributed by atoms with Gasteiger partial charge in [-0.3, -0.25) is 0 Å². The van der Waals surface area contributed by atoms with E-state index in [1.54, 1.807) is 12.4 Å². The minimum atomic E-state index is -0.423. The first-order valence-electron chi connectivity index (χ1n) is 4.00. The standard InChI is InChI=1S/C10H12N2O/c1-4-5-13-10(2,3)9-6-11-8-12-7-9/h1,6-8H,5H2,2-3H3. The Bertz CT molecular complexity index is 300. The summed E-state index contributed by atoms with van der Waals surface area (Å²) in [6.07, 6.45) is 10.0. The van der Waals surface area contributed by atoms with Gasteiger partial charge in [-0.2, -0.15) is 0 Å². The number of rotatable bonds is 3. The molecule has 1 rings (SSSR count). The lowest BCUT2D eigenvalue weighted by Gasteiger charge is -2.23. The summed E-state index contributed by atoms with van der Waals surface area (Å²) < 4.78 is 5.45. The lowest BCUT2D eigenvalue weighted by molar-refractivity contribution is -0.00220. The van der Waals surface area contributed by atoms with Crippen molar-refractivity contribution in [2.45, 2.75) is 19.4 Å². The molecular formula is C10H12N2O. The molecule has 0 saturated carbocycles. The first kappa shape index (κ1) is 9.69. The van der Waals surface area contributed by atoms with Crippen LogP contribution in [0.5, 0.6) is 0 Å². The molecule has 1 aromatic heterocycles. The fraction of sp³-hybridized carbons (Fsp3) is 0.400. The quantitative estimate of drug-likeness (QED) is 0.652. The number of ether oxygens (including phenoxy) is 1. The van der Waals surface area contributed by atoms with E-state index in [4.69, 9.17) is 11.2 Å². The van der Waals surface area contributed by atoms with Gasteiger partial charge in [0.05, 0.1) is 5.60 Å². The Morgan fingerprint density at radius 2 is 2.08 bits per heavy atom. The van der Waals surface area contributed by atoms with Crippen LogP contribution in [-0.4, -0.2) is 16.6 Å². The van der Waals surface area contributed by atoms with Gasteiger partial charge in [0.15, 0.2) is 0 Å². The smallest absolute Gasteiger partial charge is 0.115 e. The van der Waals surface area contributed by atoms with Gasteiger partial charge >= 0.3 is 0 Å². The van der Waals surface area contributed by atoms with E-state index < -0.39 is 5.60 Å². The predicted molar refractivity (Wildman–Crippen MR) is 49.8 cm³/mol. The molecule has 3 nitrogen and oxygen atoms in total. The Morgan fingerprint density at radius 3 is 2.62 bits per heavy atom. The number of nitrogens with zero attached hydrogens (tertiary/aromatic N) is 2. The summed E-state index contributed by atoms with van der Waals surface area (Å²) in [6.45, 7) is 4.16. The van der Waals surface area contributed by atoms with Crippen molar-refractivity contribution in [2.75, 3.05) is 6.61 Å². The maximum Gasteiger partial charge on any atom is 0.115 e. The second kappa shape index (κ2) is 4.01. The largest absolute Gasteiger partial charge is 0.358 e. The highest BCUT2D eigenvalue weighted by Gasteiger charge is 2.20. The van der Waals surface area contributed by atoms with Crippen LogP contribution in [0.15, 0.2) is 18.7 Å². The van der Waals surface area contributed by atoms with Crippen molar-refractivity contribution in [2.24, 2.45) is 0 Å². The van der Waals surface area contributed by atoms with Gasteiger partial charge in [-0.25, -0.2) is 9.97 Å². The Balaban J connectivity index is 2.76. The molecule has 0 unspecified atom stereocenters. The van der Waals surface area contributed by atoms with E-state index in [9.17, 15) is 0 Å². The van der Waals surface area contributed by atoms with Gasteiger partial charge < -0.3 is 4.74 Å². The zero-order chi connectivity index (χ0) is 9.73. The summed E-state index contributed by atoms with van der Waals surface area (Å²) in [7, 11) is 0. The molecule has 0 N–H and O–H groups in total. The van der Waals surface area contributed by atoms with Crippen LogP contribution < -0.4 is 0 Å². The van der Waals surface area contributed by atoms with Crippen LogP contribution in [-0.2, 0) is 10.3 Å². The minimum Gasteiger partial charge on any atom is -0.358 e. The Labute approximate surface area is 78.2 Å². The molecule has 13 heavy (non-hydrogen) atoms. The van der Waals surface area contributed by atoms with Gasteiger partial charge in [-0.15, -0.1) is 6.42 Å². The third kappa shape index (κ3) is 2.53. The fourth-order valence-electron chi connectivity index (χ4n) is 0.915. The van der Waals surface area contributed by atoms with Gasteiger partial charge in [0.2, 0.25) is 0 Å². The zero-order valence-corrected chi connectivity index (χ0v) is 7.82. The van der Waals surface area contributed by atoms with E-state index in [-0.39, 0.29) is 0 Å². The van der Waals surface area contributed by atoms with Gasteiger partial charge in [-0.1, -0.05) is 5.92 Å². The second-order valence-corrected chi connectivity index (χ2v) is 3.13. The van der Waals surface area contributed by atoms with Gasteiger partial charge in [-0.05, 0) is 13.8 Å². The van der Waals surface area contributed by atoms with Crippen LogP contribution in [0.4, 0.5) is 0 Å². The molecule has 3 heteroatoms. The van der Waals surface area contributed by atoms with Crippen LogP contribution >= 0.6 is 0 Å². The zero-order valence-electron chi connectivity index (χ0n) is 7.82. The molecule has 0 aliphatic heterocycles. The Kier molecular flexibility index (Phi) is 2.99. The highest BCUT2D eigenvalue weighted by molar-refractivity contribution is 5.12. The topological polar surface area (TPSA) is 35.0 Å². The van der Waals surface area contributed by atoms with Gasteiger partial charge in [0.25, 0.3) is 0 Å². The van der Waals surface area contributed by atoms with E-state index in [0.29, 0.717) is 6.61 Å². The molecule has 68 valence electrons. The van der Waals surface area contributed by atoms with Crippen molar-refractivity contribution in [3.8, 4) is 12.3 Å². The molecule has 0 spiro atoms. The highest BCUT2D eigenvalue weighted by atomic mass is 16.5. The van der Waals surface area contributed by atoms with Crippen molar-refractivity contribution in [3.05, 3.63) is 24.3 Å². The molecular weight excluding hydrogens is 164 g/mol. The van der Waals surface area contributed by atoms with Crippen LogP contribution in [0, 0.1) is 12.3 Å². The minimum absolute atomic E-state index is 0.294. The molecule has 0 saturated heterocycles. The van der Waals surface area contributed by atoms with Gasteiger partial charge in [0.1, 0.15) is 12.9 Å². The molecule has 1 heterocycles. The lowest BCUT2D eigenvalue weighted by Crippen LogP contribution is -2.22. The lowest BCUT2D eigenvalue weighted by atomic mass is 10.0. The molecule has 0 aliphatic carbocycles.